The highest BCUT2D eigenvalue weighted by Gasteiger charge is 2.70. The van der Waals surface area contributed by atoms with E-state index >= 15 is 0 Å². The van der Waals surface area contributed by atoms with E-state index < -0.39 is 27.6 Å². The fourth-order valence-corrected chi connectivity index (χ4v) is 3.02. The second-order valence-corrected chi connectivity index (χ2v) is 6.71. The fraction of sp³-hybridized carbons (Fsp3) is 0.467. The van der Waals surface area contributed by atoms with Gasteiger partial charge in [0.25, 0.3) is 5.54 Å². The van der Waals surface area contributed by atoms with Crippen LogP contribution < -0.4 is 0 Å². The van der Waals surface area contributed by atoms with Gasteiger partial charge in [-0.1, -0.05) is 17.7 Å². The van der Waals surface area contributed by atoms with Crippen molar-refractivity contribution in [2.24, 2.45) is 0 Å². The summed E-state index contributed by atoms with van der Waals surface area (Å²) >= 11 is 0. The van der Waals surface area contributed by atoms with Crippen LogP contribution in [0.2, 0.25) is 0 Å². The minimum Gasteiger partial charge on any atom is -0.464 e. The molecule has 0 radical (unpaired) electrons. The third kappa shape index (κ3) is 3.42. The van der Waals surface area contributed by atoms with E-state index in [1.165, 1.54) is 12.1 Å². The Morgan fingerprint density at radius 1 is 1.08 bits per heavy atom. The summed E-state index contributed by atoms with van der Waals surface area (Å²) in [6, 6.07) is 5.99. The molecule has 0 aromatic heterocycles. The maximum atomic E-state index is 12.3. The largest absolute Gasteiger partial charge is 0.464 e. The highest BCUT2D eigenvalue weighted by molar-refractivity contribution is 7.86. The fourth-order valence-electron chi connectivity index (χ4n) is 2.05. The molecule has 1 aromatic carbocycles. The standard InChI is InChI=1S/C15H19NO7S/c1-4-21-13(17)15(14(18)22-5-2)10-16(15)23-24(19,20)12-8-6-11(3)7-9-12/h6-9H,4-5,10H2,1-3H3. The van der Waals surface area contributed by atoms with Gasteiger partial charge in [0.15, 0.2) is 0 Å². The summed E-state index contributed by atoms with van der Waals surface area (Å²) in [5, 5.41) is 0.762. The Morgan fingerprint density at radius 2 is 1.58 bits per heavy atom. The van der Waals surface area contributed by atoms with Crippen LogP contribution >= 0.6 is 0 Å². The Hall–Kier alpha value is -1.97. The topological polar surface area (TPSA) is 99.0 Å². The smallest absolute Gasteiger partial charge is 0.342 e. The molecule has 1 aliphatic heterocycles. The van der Waals surface area contributed by atoms with E-state index in [4.69, 9.17) is 13.8 Å². The van der Waals surface area contributed by atoms with E-state index in [2.05, 4.69) is 0 Å². The number of nitrogens with zero attached hydrogens (tertiary/aromatic N) is 1. The third-order valence-electron chi connectivity index (χ3n) is 3.42. The van der Waals surface area contributed by atoms with Crippen LogP contribution in [0.3, 0.4) is 0 Å². The number of benzene rings is 1. The number of esters is 2. The molecule has 8 nitrogen and oxygen atoms in total. The number of hydrogen-bond acceptors (Lipinski definition) is 8. The predicted molar refractivity (Wildman–Crippen MR) is 82.2 cm³/mol. The van der Waals surface area contributed by atoms with Gasteiger partial charge in [-0.25, -0.2) is 9.59 Å². The maximum Gasteiger partial charge on any atom is 0.342 e. The first kappa shape index (κ1) is 18.4. The normalized spacial score (nSPS) is 18.7. The summed E-state index contributed by atoms with van der Waals surface area (Å²) in [6.45, 7) is 4.79. The zero-order chi connectivity index (χ0) is 18.0. The molecule has 24 heavy (non-hydrogen) atoms. The minimum absolute atomic E-state index is 0.0402. The summed E-state index contributed by atoms with van der Waals surface area (Å²) in [5.74, 6) is -1.80. The van der Waals surface area contributed by atoms with Gasteiger partial charge in [-0.2, -0.15) is 12.7 Å². The number of hydroxylamine groups is 2. The molecule has 1 fully saturated rings. The predicted octanol–water partition coefficient (Wildman–Crippen LogP) is 0.796. The van der Waals surface area contributed by atoms with E-state index in [0.29, 0.717) is 0 Å². The van der Waals surface area contributed by atoms with Crippen molar-refractivity contribution in [3.63, 3.8) is 0 Å². The lowest BCUT2D eigenvalue weighted by Gasteiger charge is -2.14. The van der Waals surface area contributed by atoms with Gasteiger partial charge in [0.2, 0.25) is 0 Å². The summed E-state index contributed by atoms with van der Waals surface area (Å²) < 4.78 is 39.2. The number of hydrogen-bond donors (Lipinski definition) is 0. The molecule has 1 atom stereocenters. The molecular weight excluding hydrogens is 338 g/mol. The number of carbonyl (C=O) groups is 2. The van der Waals surface area contributed by atoms with E-state index in [9.17, 15) is 18.0 Å². The lowest BCUT2D eigenvalue weighted by molar-refractivity contribution is -0.165. The first-order valence-corrected chi connectivity index (χ1v) is 8.82. The molecule has 9 heteroatoms. The van der Waals surface area contributed by atoms with Crippen LogP contribution in [-0.4, -0.2) is 50.7 Å². The van der Waals surface area contributed by atoms with Crippen molar-refractivity contribution in [3.8, 4) is 0 Å². The summed E-state index contributed by atoms with van der Waals surface area (Å²) in [5.41, 5.74) is -0.989. The van der Waals surface area contributed by atoms with Crippen LogP contribution in [0.1, 0.15) is 19.4 Å². The van der Waals surface area contributed by atoms with Crippen LogP contribution in [0.5, 0.6) is 0 Å². The van der Waals surface area contributed by atoms with Crippen LogP contribution in [0, 0.1) is 6.92 Å². The van der Waals surface area contributed by atoms with Crippen LogP contribution in [0.15, 0.2) is 29.2 Å². The SMILES string of the molecule is CCOC(=O)C1(C(=O)OCC)CN1OS(=O)(=O)c1ccc(C)cc1. The highest BCUT2D eigenvalue weighted by atomic mass is 32.2. The van der Waals surface area contributed by atoms with Crippen molar-refractivity contribution in [1.82, 2.24) is 5.06 Å². The molecule has 0 saturated carbocycles. The quantitative estimate of drug-likeness (QED) is 0.401. The van der Waals surface area contributed by atoms with E-state index in [1.54, 1.807) is 26.0 Å². The van der Waals surface area contributed by atoms with Gasteiger partial charge in [0.05, 0.1) is 24.7 Å². The highest BCUT2D eigenvalue weighted by Crippen LogP contribution is 2.37. The molecule has 1 saturated heterocycles. The van der Waals surface area contributed by atoms with Crippen LogP contribution in [-0.2, 0) is 33.5 Å². The molecule has 1 aliphatic rings. The Kier molecular flexibility index (Phi) is 5.26. The van der Waals surface area contributed by atoms with Gasteiger partial charge in [-0.05, 0) is 32.9 Å². The molecule has 2 rings (SSSR count). The lowest BCUT2D eigenvalue weighted by atomic mass is 10.1. The molecule has 0 bridgehead atoms. The number of rotatable bonds is 7. The number of aryl methyl sites for hydroxylation is 1. The molecule has 1 heterocycles. The van der Waals surface area contributed by atoms with Crippen molar-refractivity contribution in [3.05, 3.63) is 29.8 Å². The third-order valence-corrected chi connectivity index (χ3v) is 4.64. The monoisotopic (exact) mass is 357 g/mol. The molecule has 0 N–H and O–H groups in total. The first-order valence-electron chi connectivity index (χ1n) is 7.41. The number of carbonyl (C=O) groups excluding carboxylic acids is 2. The van der Waals surface area contributed by atoms with Gasteiger partial charge in [0.1, 0.15) is 0 Å². The molecule has 132 valence electrons. The second-order valence-electron chi connectivity index (χ2n) is 5.18. The Bertz CT molecular complexity index is 709. The Balaban J connectivity index is 2.21. The number of ether oxygens (including phenoxy) is 2. The van der Waals surface area contributed by atoms with E-state index in [0.717, 1.165) is 10.6 Å². The second kappa shape index (κ2) is 6.88. The molecule has 0 aliphatic carbocycles. The molecule has 0 spiro atoms. The van der Waals surface area contributed by atoms with E-state index in [-0.39, 0.29) is 24.7 Å². The van der Waals surface area contributed by atoms with Crippen molar-refractivity contribution in [2.75, 3.05) is 19.8 Å². The average Bonchev–Trinajstić information content (AvgIpc) is 3.22. The summed E-state index contributed by atoms with van der Waals surface area (Å²) in [4.78, 5) is 24.1. The Morgan fingerprint density at radius 3 is 2.04 bits per heavy atom. The Labute approximate surface area is 140 Å². The summed E-state index contributed by atoms with van der Waals surface area (Å²) in [7, 11) is -4.17. The van der Waals surface area contributed by atoms with Crippen molar-refractivity contribution in [1.29, 1.82) is 0 Å². The zero-order valence-corrected chi connectivity index (χ0v) is 14.5. The molecule has 0 amide bonds. The van der Waals surface area contributed by atoms with Crippen molar-refractivity contribution in [2.45, 2.75) is 31.2 Å². The van der Waals surface area contributed by atoms with E-state index in [1.807, 2.05) is 6.92 Å². The zero-order valence-electron chi connectivity index (χ0n) is 13.6. The van der Waals surface area contributed by atoms with Crippen LogP contribution in [0.4, 0.5) is 0 Å². The maximum absolute atomic E-state index is 12.3. The lowest BCUT2D eigenvalue weighted by Crippen LogP contribution is -2.41. The van der Waals surface area contributed by atoms with Crippen LogP contribution in [0.25, 0.3) is 0 Å². The van der Waals surface area contributed by atoms with Gasteiger partial charge >= 0.3 is 22.1 Å². The van der Waals surface area contributed by atoms with Gasteiger partial charge in [-0.3, -0.25) is 0 Å². The minimum atomic E-state index is -4.17. The van der Waals surface area contributed by atoms with Gasteiger partial charge < -0.3 is 9.47 Å². The van der Waals surface area contributed by atoms with Crippen molar-refractivity contribution >= 4 is 22.1 Å². The molecule has 1 unspecified atom stereocenters. The summed E-state index contributed by atoms with van der Waals surface area (Å²) in [6.07, 6.45) is 0. The molecule has 1 aromatic rings. The average molecular weight is 357 g/mol. The first-order chi connectivity index (χ1) is 11.3. The van der Waals surface area contributed by atoms with Crippen molar-refractivity contribution < 1.29 is 31.8 Å². The van der Waals surface area contributed by atoms with Gasteiger partial charge in [-0.15, -0.1) is 5.06 Å². The molecular formula is C15H19NO7S. The van der Waals surface area contributed by atoms with Gasteiger partial charge in [0, 0.05) is 0 Å².